The summed E-state index contributed by atoms with van der Waals surface area (Å²) in [5.41, 5.74) is 0.859. The first-order valence-corrected chi connectivity index (χ1v) is 6.24. The molecule has 0 aliphatic heterocycles. The highest BCUT2D eigenvalue weighted by Gasteiger charge is 2.13. The van der Waals surface area contributed by atoms with Crippen LogP contribution >= 0.6 is 0 Å². The number of hydrogen-bond acceptors (Lipinski definition) is 3. The SMILES string of the molecule is CCCN(CC(=O)N(C)C)Cc1ccccc1O. The van der Waals surface area contributed by atoms with Crippen molar-refractivity contribution in [3.63, 3.8) is 0 Å². The van der Waals surface area contributed by atoms with Gasteiger partial charge in [-0.2, -0.15) is 0 Å². The van der Waals surface area contributed by atoms with Crippen molar-refractivity contribution in [1.29, 1.82) is 0 Å². The fraction of sp³-hybridized carbons (Fsp3) is 0.500. The number of phenols is 1. The Hall–Kier alpha value is -1.55. The van der Waals surface area contributed by atoms with Crippen molar-refractivity contribution < 1.29 is 9.90 Å². The molecule has 0 heterocycles. The standard InChI is InChI=1S/C14H22N2O2/c1-4-9-16(11-14(18)15(2)3)10-12-7-5-6-8-13(12)17/h5-8,17H,4,9-11H2,1-3H3. The van der Waals surface area contributed by atoms with E-state index in [1.807, 2.05) is 12.1 Å². The largest absolute Gasteiger partial charge is 0.508 e. The first kappa shape index (κ1) is 14.5. The predicted molar refractivity (Wildman–Crippen MR) is 72.4 cm³/mol. The third-order valence-electron chi connectivity index (χ3n) is 2.78. The quantitative estimate of drug-likeness (QED) is 0.835. The van der Waals surface area contributed by atoms with Crippen molar-refractivity contribution in [2.24, 2.45) is 0 Å². The molecular weight excluding hydrogens is 228 g/mol. The van der Waals surface area contributed by atoms with Crippen molar-refractivity contribution >= 4 is 5.91 Å². The van der Waals surface area contributed by atoms with E-state index >= 15 is 0 Å². The molecular formula is C14H22N2O2. The number of amides is 1. The van der Waals surface area contributed by atoms with E-state index in [9.17, 15) is 9.90 Å². The van der Waals surface area contributed by atoms with E-state index < -0.39 is 0 Å². The number of aromatic hydroxyl groups is 1. The molecule has 4 nitrogen and oxygen atoms in total. The Bertz CT molecular complexity index is 391. The number of benzene rings is 1. The third-order valence-corrected chi connectivity index (χ3v) is 2.78. The van der Waals surface area contributed by atoms with E-state index in [2.05, 4.69) is 11.8 Å². The molecule has 1 N–H and O–H groups in total. The topological polar surface area (TPSA) is 43.8 Å². The smallest absolute Gasteiger partial charge is 0.236 e. The molecule has 0 atom stereocenters. The Balaban J connectivity index is 2.68. The van der Waals surface area contributed by atoms with Gasteiger partial charge in [0.15, 0.2) is 0 Å². The number of carbonyl (C=O) groups excluding carboxylic acids is 1. The van der Waals surface area contributed by atoms with Crippen LogP contribution in [0.4, 0.5) is 0 Å². The summed E-state index contributed by atoms with van der Waals surface area (Å²) >= 11 is 0. The van der Waals surface area contributed by atoms with Gasteiger partial charge in [-0.1, -0.05) is 25.1 Å². The van der Waals surface area contributed by atoms with Gasteiger partial charge in [-0.25, -0.2) is 0 Å². The number of hydrogen-bond donors (Lipinski definition) is 1. The summed E-state index contributed by atoms with van der Waals surface area (Å²) in [5, 5.41) is 9.75. The summed E-state index contributed by atoms with van der Waals surface area (Å²) < 4.78 is 0. The number of phenolic OH excluding ortho intramolecular Hbond substituents is 1. The summed E-state index contributed by atoms with van der Waals surface area (Å²) in [6.07, 6.45) is 0.980. The van der Waals surface area contributed by atoms with Crippen LogP contribution in [0.2, 0.25) is 0 Å². The van der Waals surface area contributed by atoms with Gasteiger partial charge in [-0.3, -0.25) is 9.69 Å². The molecule has 0 radical (unpaired) electrons. The number of carbonyl (C=O) groups is 1. The van der Waals surface area contributed by atoms with Crippen LogP contribution in [0.15, 0.2) is 24.3 Å². The van der Waals surface area contributed by atoms with Gasteiger partial charge in [0.25, 0.3) is 0 Å². The molecule has 1 aromatic rings. The highest BCUT2D eigenvalue weighted by molar-refractivity contribution is 5.77. The summed E-state index contributed by atoms with van der Waals surface area (Å²) in [5.74, 6) is 0.370. The molecule has 18 heavy (non-hydrogen) atoms. The molecule has 0 bridgehead atoms. The second kappa shape index (κ2) is 7.01. The van der Waals surface area contributed by atoms with Gasteiger partial charge in [0.05, 0.1) is 6.54 Å². The molecule has 0 unspecified atom stereocenters. The zero-order chi connectivity index (χ0) is 13.5. The Labute approximate surface area is 109 Å². The van der Waals surface area contributed by atoms with Crippen LogP contribution in [-0.4, -0.2) is 48.0 Å². The number of likely N-dealkylation sites (N-methyl/N-ethyl adjacent to an activating group) is 1. The molecule has 100 valence electrons. The van der Waals surface area contributed by atoms with Crippen LogP contribution in [0.25, 0.3) is 0 Å². The minimum Gasteiger partial charge on any atom is -0.508 e. The molecule has 0 aromatic heterocycles. The maximum Gasteiger partial charge on any atom is 0.236 e. The van der Waals surface area contributed by atoms with Crippen LogP contribution < -0.4 is 0 Å². The second-order valence-electron chi connectivity index (χ2n) is 4.63. The maximum absolute atomic E-state index is 11.7. The molecule has 0 aliphatic carbocycles. The fourth-order valence-electron chi connectivity index (χ4n) is 1.75. The number of nitrogens with zero attached hydrogens (tertiary/aromatic N) is 2. The predicted octanol–water partition coefficient (Wildman–Crippen LogP) is 1.69. The van der Waals surface area contributed by atoms with E-state index in [4.69, 9.17) is 0 Å². The summed E-state index contributed by atoms with van der Waals surface area (Å²) in [6.45, 7) is 3.90. The Morgan fingerprint density at radius 2 is 1.94 bits per heavy atom. The number of rotatable bonds is 6. The van der Waals surface area contributed by atoms with E-state index in [0.29, 0.717) is 13.1 Å². The monoisotopic (exact) mass is 250 g/mol. The molecule has 0 spiro atoms. The van der Waals surface area contributed by atoms with Gasteiger partial charge in [-0.15, -0.1) is 0 Å². The van der Waals surface area contributed by atoms with Crippen LogP contribution in [0.5, 0.6) is 5.75 Å². The van der Waals surface area contributed by atoms with Crippen LogP contribution in [0.1, 0.15) is 18.9 Å². The van der Waals surface area contributed by atoms with Gasteiger partial charge in [0.2, 0.25) is 5.91 Å². The van der Waals surface area contributed by atoms with Crippen molar-refractivity contribution in [3.8, 4) is 5.75 Å². The fourth-order valence-corrected chi connectivity index (χ4v) is 1.75. The molecule has 0 saturated carbocycles. The molecule has 0 aliphatic rings. The highest BCUT2D eigenvalue weighted by Crippen LogP contribution is 2.17. The third kappa shape index (κ3) is 4.37. The lowest BCUT2D eigenvalue weighted by Gasteiger charge is -2.23. The molecule has 4 heteroatoms. The number of para-hydroxylation sites is 1. The van der Waals surface area contributed by atoms with Crippen molar-refractivity contribution in [2.45, 2.75) is 19.9 Å². The van der Waals surface area contributed by atoms with Crippen LogP contribution in [0.3, 0.4) is 0 Å². The van der Waals surface area contributed by atoms with E-state index in [1.165, 1.54) is 0 Å². The van der Waals surface area contributed by atoms with Crippen LogP contribution in [0, 0.1) is 0 Å². The zero-order valence-electron chi connectivity index (χ0n) is 11.4. The lowest BCUT2D eigenvalue weighted by Crippen LogP contribution is -2.36. The molecule has 0 saturated heterocycles. The van der Waals surface area contributed by atoms with Crippen molar-refractivity contribution in [2.75, 3.05) is 27.2 Å². The molecule has 1 amide bonds. The minimum atomic E-state index is 0.0823. The average molecular weight is 250 g/mol. The first-order valence-electron chi connectivity index (χ1n) is 6.24. The molecule has 0 fully saturated rings. The van der Waals surface area contributed by atoms with Gasteiger partial charge < -0.3 is 10.0 Å². The van der Waals surface area contributed by atoms with E-state index in [-0.39, 0.29) is 11.7 Å². The first-order chi connectivity index (χ1) is 8.54. The summed E-state index contributed by atoms with van der Waals surface area (Å²) in [7, 11) is 3.51. The molecule has 1 rings (SSSR count). The Kier molecular flexibility index (Phi) is 5.65. The molecule has 1 aromatic carbocycles. The second-order valence-corrected chi connectivity index (χ2v) is 4.63. The van der Waals surface area contributed by atoms with Gasteiger partial charge in [0.1, 0.15) is 5.75 Å². The normalized spacial score (nSPS) is 10.7. The van der Waals surface area contributed by atoms with Gasteiger partial charge >= 0.3 is 0 Å². The summed E-state index contributed by atoms with van der Waals surface area (Å²) in [4.78, 5) is 15.4. The van der Waals surface area contributed by atoms with Crippen molar-refractivity contribution in [3.05, 3.63) is 29.8 Å². The lowest BCUT2D eigenvalue weighted by molar-refractivity contribution is -0.130. The minimum absolute atomic E-state index is 0.0823. The van der Waals surface area contributed by atoms with Gasteiger partial charge in [-0.05, 0) is 19.0 Å². The van der Waals surface area contributed by atoms with E-state index in [1.54, 1.807) is 31.1 Å². The van der Waals surface area contributed by atoms with Crippen molar-refractivity contribution in [1.82, 2.24) is 9.80 Å². The lowest BCUT2D eigenvalue weighted by atomic mass is 10.2. The average Bonchev–Trinajstić information content (AvgIpc) is 2.32. The highest BCUT2D eigenvalue weighted by atomic mass is 16.3. The zero-order valence-corrected chi connectivity index (χ0v) is 11.4. The Morgan fingerprint density at radius 3 is 2.50 bits per heavy atom. The van der Waals surface area contributed by atoms with Gasteiger partial charge in [0, 0.05) is 26.2 Å². The summed E-state index contributed by atoms with van der Waals surface area (Å²) in [6, 6.07) is 7.26. The Morgan fingerprint density at radius 1 is 1.28 bits per heavy atom. The maximum atomic E-state index is 11.7. The van der Waals surface area contributed by atoms with Crippen LogP contribution in [-0.2, 0) is 11.3 Å². The van der Waals surface area contributed by atoms with E-state index in [0.717, 1.165) is 18.5 Å².